The van der Waals surface area contributed by atoms with Crippen LogP contribution in [-0.2, 0) is 0 Å². The van der Waals surface area contributed by atoms with Crippen LogP contribution in [0.2, 0.25) is 5.02 Å². The van der Waals surface area contributed by atoms with Gasteiger partial charge in [-0.3, -0.25) is 14.7 Å². The molecule has 0 saturated carbocycles. The van der Waals surface area contributed by atoms with E-state index in [0.717, 1.165) is 11.8 Å². The maximum atomic E-state index is 13.3. The molecule has 0 amide bonds. The summed E-state index contributed by atoms with van der Waals surface area (Å²) in [5, 5.41) is 19.6. The largest absolute Gasteiger partial charge is 0.493 e. The van der Waals surface area contributed by atoms with Crippen LogP contribution < -0.4 is 9.47 Å². The summed E-state index contributed by atoms with van der Waals surface area (Å²) in [7, 11) is 2.95. The molecule has 0 saturated heterocycles. The van der Waals surface area contributed by atoms with Crippen LogP contribution in [0.1, 0.15) is 16.6 Å². The summed E-state index contributed by atoms with van der Waals surface area (Å²) in [6.07, 6.45) is 0. The minimum atomic E-state index is -0.685. The van der Waals surface area contributed by atoms with Crippen LogP contribution in [-0.4, -0.2) is 40.5 Å². The molecular weight excluding hydrogens is 435 g/mol. The molecule has 0 aliphatic carbocycles. The highest BCUT2D eigenvalue weighted by Crippen LogP contribution is 2.43. The van der Waals surface area contributed by atoms with Crippen molar-refractivity contribution < 1.29 is 18.8 Å². The van der Waals surface area contributed by atoms with Crippen molar-refractivity contribution in [2.75, 3.05) is 20.8 Å². The highest BCUT2D eigenvalue weighted by molar-refractivity contribution is 7.99. The third kappa shape index (κ3) is 4.65. The zero-order valence-corrected chi connectivity index (χ0v) is 17.9. The lowest BCUT2D eigenvalue weighted by Crippen LogP contribution is -2.12. The van der Waals surface area contributed by atoms with E-state index >= 15 is 0 Å². The molecular formula is C19H18ClFN4O4S. The molecule has 1 atom stereocenters. The summed E-state index contributed by atoms with van der Waals surface area (Å²) >= 11 is 7.54. The SMILES string of the molecule is COc1cc(Cl)c([C@H](C[N+](=O)[O-])Sc2nnc(C)n2-c2ccc(F)cc2)cc1OC. The first-order chi connectivity index (χ1) is 14.3. The third-order valence-corrected chi connectivity index (χ3v) is 5.78. The molecule has 0 radical (unpaired) electrons. The van der Waals surface area contributed by atoms with Gasteiger partial charge in [-0.2, -0.15) is 0 Å². The summed E-state index contributed by atoms with van der Waals surface area (Å²) in [5.74, 6) is 1.01. The Labute approximate surface area is 181 Å². The smallest absolute Gasteiger partial charge is 0.220 e. The molecule has 0 unspecified atom stereocenters. The van der Waals surface area contributed by atoms with Gasteiger partial charge in [0.05, 0.1) is 14.2 Å². The lowest BCUT2D eigenvalue weighted by molar-refractivity contribution is -0.479. The van der Waals surface area contributed by atoms with Gasteiger partial charge in [0, 0.05) is 21.7 Å². The van der Waals surface area contributed by atoms with Gasteiger partial charge < -0.3 is 9.47 Å². The van der Waals surface area contributed by atoms with E-state index in [4.69, 9.17) is 21.1 Å². The van der Waals surface area contributed by atoms with Crippen LogP contribution in [0.3, 0.4) is 0 Å². The second-order valence-corrected chi connectivity index (χ2v) is 7.77. The van der Waals surface area contributed by atoms with Crippen LogP contribution in [0, 0.1) is 22.9 Å². The van der Waals surface area contributed by atoms with Crippen LogP contribution in [0.5, 0.6) is 11.5 Å². The topological polar surface area (TPSA) is 92.3 Å². The molecule has 1 heterocycles. The number of aryl methyl sites for hydroxylation is 1. The minimum absolute atomic E-state index is 0.302. The monoisotopic (exact) mass is 452 g/mol. The lowest BCUT2D eigenvalue weighted by atomic mass is 10.1. The first kappa shape index (κ1) is 21.8. The molecule has 0 N–H and O–H groups in total. The molecule has 158 valence electrons. The van der Waals surface area contributed by atoms with Crippen molar-refractivity contribution in [3.8, 4) is 17.2 Å². The Morgan fingerprint density at radius 3 is 2.43 bits per heavy atom. The minimum Gasteiger partial charge on any atom is -0.493 e. The van der Waals surface area contributed by atoms with Gasteiger partial charge >= 0.3 is 0 Å². The van der Waals surface area contributed by atoms with Gasteiger partial charge in [0.1, 0.15) is 16.9 Å². The fraction of sp³-hybridized carbons (Fsp3) is 0.263. The van der Waals surface area contributed by atoms with Crippen LogP contribution in [0.25, 0.3) is 5.69 Å². The van der Waals surface area contributed by atoms with Gasteiger partial charge in [0.15, 0.2) is 16.7 Å². The van der Waals surface area contributed by atoms with Gasteiger partial charge in [0.25, 0.3) is 0 Å². The second kappa shape index (κ2) is 9.31. The number of thioether (sulfide) groups is 1. The summed E-state index contributed by atoms with van der Waals surface area (Å²) in [6.45, 7) is 1.33. The van der Waals surface area contributed by atoms with E-state index in [1.165, 1.54) is 26.4 Å². The van der Waals surface area contributed by atoms with E-state index in [-0.39, 0.29) is 5.82 Å². The number of nitro groups is 1. The van der Waals surface area contributed by atoms with Crippen molar-refractivity contribution in [1.82, 2.24) is 14.8 Å². The summed E-state index contributed by atoms with van der Waals surface area (Å²) in [6, 6.07) is 8.99. The molecule has 3 aromatic rings. The fourth-order valence-electron chi connectivity index (χ4n) is 2.89. The second-order valence-electron chi connectivity index (χ2n) is 6.19. The molecule has 1 aromatic heterocycles. The summed E-state index contributed by atoms with van der Waals surface area (Å²) in [5.41, 5.74) is 1.14. The average Bonchev–Trinajstić information content (AvgIpc) is 3.07. The highest BCUT2D eigenvalue weighted by Gasteiger charge is 2.27. The van der Waals surface area contributed by atoms with Crippen molar-refractivity contribution in [2.45, 2.75) is 17.3 Å². The number of ether oxygens (including phenoxy) is 2. The number of rotatable bonds is 8. The molecule has 30 heavy (non-hydrogen) atoms. The van der Waals surface area contributed by atoms with Gasteiger partial charge in [-0.05, 0) is 42.8 Å². The quantitative estimate of drug-likeness (QED) is 0.282. The van der Waals surface area contributed by atoms with Crippen molar-refractivity contribution >= 4 is 23.4 Å². The van der Waals surface area contributed by atoms with Crippen LogP contribution >= 0.6 is 23.4 Å². The Kier molecular flexibility index (Phi) is 6.78. The van der Waals surface area contributed by atoms with Crippen molar-refractivity contribution in [3.05, 3.63) is 68.7 Å². The molecule has 0 spiro atoms. The van der Waals surface area contributed by atoms with Gasteiger partial charge in [-0.15, -0.1) is 10.2 Å². The predicted octanol–water partition coefficient (Wildman–Crippen LogP) is 4.50. The number of aromatic nitrogens is 3. The molecule has 0 bridgehead atoms. The zero-order chi connectivity index (χ0) is 21.8. The Morgan fingerprint density at radius 2 is 1.83 bits per heavy atom. The van der Waals surface area contributed by atoms with Gasteiger partial charge in [0.2, 0.25) is 6.54 Å². The molecule has 8 nitrogen and oxygen atoms in total. The number of hydrogen-bond donors (Lipinski definition) is 0. The Hall–Kier alpha value is -2.85. The standard InChI is InChI=1S/C19H18ClFN4O4S/c1-11-22-23-19(25(11)13-6-4-12(21)5-7-13)30-18(10-24(26)27)14-8-16(28-2)17(29-3)9-15(14)20/h4-9,18H,10H2,1-3H3/t18-/m0/s1. The first-order valence-electron chi connectivity index (χ1n) is 8.71. The number of benzene rings is 2. The third-order valence-electron chi connectivity index (χ3n) is 4.29. The summed E-state index contributed by atoms with van der Waals surface area (Å²) < 4.78 is 25.6. The fourth-order valence-corrected chi connectivity index (χ4v) is 4.44. The van der Waals surface area contributed by atoms with Crippen molar-refractivity contribution in [2.24, 2.45) is 0 Å². The number of methoxy groups -OCH3 is 2. The maximum Gasteiger partial charge on any atom is 0.220 e. The van der Waals surface area contributed by atoms with E-state index in [9.17, 15) is 14.5 Å². The predicted molar refractivity (Wildman–Crippen MR) is 111 cm³/mol. The number of nitrogens with zero attached hydrogens (tertiary/aromatic N) is 4. The molecule has 0 aliphatic rings. The molecule has 3 rings (SSSR count). The lowest BCUT2D eigenvalue weighted by Gasteiger charge is -2.17. The average molecular weight is 453 g/mol. The van der Waals surface area contributed by atoms with E-state index in [1.54, 1.807) is 35.8 Å². The number of hydrogen-bond acceptors (Lipinski definition) is 7. The highest BCUT2D eigenvalue weighted by atomic mass is 35.5. The first-order valence-corrected chi connectivity index (χ1v) is 9.97. The van der Waals surface area contributed by atoms with Crippen LogP contribution in [0.15, 0.2) is 41.6 Å². The van der Waals surface area contributed by atoms with Crippen molar-refractivity contribution in [1.29, 1.82) is 0 Å². The normalized spacial score (nSPS) is 11.9. The Balaban J connectivity index is 2.04. The van der Waals surface area contributed by atoms with E-state index < -0.39 is 16.7 Å². The number of halogens is 2. The van der Waals surface area contributed by atoms with Crippen molar-refractivity contribution in [3.63, 3.8) is 0 Å². The Bertz CT molecular complexity index is 1060. The Morgan fingerprint density at radius 1 is 1.20 bits per heavy atom. The maximum absolute atomic E-state index is 13.3. The molecule has 0 aliphatic heterocycles. The molecule has 0 fully saturated rings. The summed E-state index contributed by atoms with van der Waals surface area (Å²) in [4.78, 5) is 10.9. The zero-order valence-electron chi connectivity index (χ0n) is 16.3. The van der Waals surface area contributed by atoms with E-state index in [0.29, 0.717) is 38.8 Å². The van der Waals surface area contributed by atoms with E-state index in [1.807, 2.05) is 0 Å². The molecule has 2 aromatic carbocycles. The van der Waals surface area contributed by atoms with E-state index in [2.05, 4.69) is 10.2 Å². The van der Waals surface area contributed by atoms with Gasteiger partial charge in [-0.25, -0.2) is 4.39 Å². The molecule has 11 heteroatoms. The van der Waals surface area contributed by atoms with Gasteiger partial charge in [-0.1, -0.05) is 23.4 Å². The van der Waals surface area contributed by atoms with Crippen LogP contribution in [0.4, 0.5) is 4.39 Å².